The summed E-state index contributed by atoms with van der Waals surface area (Å²) in [6.07, 6.45) is 2.33. The molecule has 0 saturated heterocycles. The van der Waals surface area contributed by atoms with Crippen LogP contribution in [0.2, 0.25) is 0 Å². The average molecular weight is 240 g/mol. The number of carbonyl (C=O) groups excluding carboxylic acids is 2. The molecule has 17 heavy (non-hydrogen) atoms. The summed E-state index contributed by atoms with van der Waals surface area (Å²) < 4.78 is 0. The van der Waals surface area contributed by atoms with E-state index in [2.05, 4.69) is 19.2 Å². The van der Waals surface area contributed by atoms with E-state index in [1.165, 1.54) is 0 Å². The van der Waals surface area contributed by atoms with Crippen molar-refractivity contribution < 1.29 is 9.59 Å². The van der Waals surface area contributed by atoms with Gasteiger partial charge in [0.25, 0.3) is 0 Å². The Balaban J connectivity index is 2.19. The number of nitrogens with one attached hydrogen (secondary N) is 1. The van der Waals surface area contributed by atoms with E-state index in [1.807, 2.05) is 6.92 Å². The fourth-order valence-electron chi connectivity index (χ4n) is 2.21. The molecule has 0 spiro atoms. The molecule has 0 aliphatic heterocycles. The van der Waals surface area contributed by atoms with E-state index in [4.69, 9.17) is 5.73 Å². The molecule has 3 N–H and O–H groups in total. The second-order valence-electron chi connectivity index (χ2n) is 5.75. The monoisotopic (exact) mass is 240 g/mol. The van der Waals surface area contributed by atoms with Crippen LogP contribution in [-0.2, 0) is 9.59 Å². The van der Waals surface area contributed by atoms with Crippen molar-refractivity contribution in [3.63, 3.8) is 0 Å². The third kappa shape index (κ3) is 5.20. The lowest BCUT2D eigenvalue weighted by atomic mass is 9.99. The van der Waals surface area contributed by atoms with Gasteiger partial charge in [-0.25, -0.2) is 0 Å². The van der Waals surface area contributed by atoms with Crippen LogP contribution >= 0.6 is 0 Å². The van der Waals surface area contributed by atoms with Crippen molar-refractivity contribution >= 4 is 11.8 Å². The van der Waals surface area contributed by atoms with Crippen LogP contribution < -0.4 is 11.1 Å². The van der Waals surface area contributed by atoms with Gasteiger partial charge >= 0.3 is 0 Å². The van der Waals surface area contributed by atoms with Gasteiger partial charge < -0.3 is 11.1 Å². The predicted molar refractivity (Wildman–Crippen MR) is 67.0 cm³/mol. The Morgan fingerprint density at radius 1 is 1.35 bits per heavy atom. The molecule has 3 unspecified atom stereocenters. The minimum Gasteiger partial charge on any atom is -0.370 e. The first-order valence-electron chi connectivity index (χ1n) is 6.46. The van der Waals surface area contributed by atoms with Crippen LogP contribution in [0.5, 0.6) is 0 Å². The van der Waals surface area contributed by atoms with Crippen LogP contribution in [-0.4, -0.2) is 18.4 Å². The van der Waals surface area contributed by atoms with Crippen molar-refractivity contribution in [3.05, 3.63) is 0 Å². The lowest BCUT2D eigenvalue weighted by Gasteiger charge is -2.09. The lowest BCUT2D eigenvalue weighted by molar-refractivity contribution is -0.122. The maximum Gasteiger partial charge on any atom is 0.223 e. The molecule has 1 fully saturated rings. The van der Waals surface area contributed by atoms with Gasteiger partial charge in [0.15, 0.2) is 0 Å². The zero-order valence-corrected chi connectivity index (χ0v) is 11.0. The Labute approximate surface area is 103 Å². The first kappa shape index (κ1) is 14.0. The van der Waals surface area contributed by atoms with Crippen molar-refractivity contribution in [2.75, 3.05) is 6.54 Å². The highest BCUT2D eigenvalue weighted by molar-refractivity contribution is 5.81. The Morgan fingerprint density at radius 3 is 2.53 bits per heavy atom. The van der Waals surface area contributed by atoms with E-state index < -0.39 is 0 Å². The van der Waals surface area contributed by atoms with E-state index in [0.29, 0.717) is 24.2 Å². The third-order valence-corrected chi connectivity index (χ3v) is 3.20. The summed E-state index contributed by atoms with van der Waals surface area (Å²) in [6.45, 7) is 6.93. The molecule has 4 nitrogen and oxygen atoms in total. The molecule has 0 bridgehead atoms. The average Bonchev–Trinajstić information content (AvgIpc) is 2.91. The normalized spacial score (nSPS) is 24.5. The summed E-state index contributed by atoms with van der Waals surface area (Å²) >= 11 is 0. The fourth-order valence-corrected chi connectivity index (χ4v) is 2.21. The molecule has 3 atom stereocenters. The SMILES string of the molecule is CC(C)CNC(=O)C1CC1CC(C)CC(N)=O. The summed E-state index contributed by atoms with van der Waals surface area (Å²) in [6, 6.07) is 0. The van der Waals surface area contributed by atoms with Gasteiger partial charge in [-0.05, 0) is 30.6 Å². The smallest absolute Gasteiger partial charge is 0.223 e. The second-order valence-corrected chi connectivity index (χ2v) is 5.75. The molecule has 4 heteroatoms. The van der Waals surface area contributed by atoms with Crippen molar-refractivity contribution in [2.45, 2.75) is 40.0 Å². The summed E-state index contributed by atoms with van der Waals surface area (Å²) in [4.78, 5) is 22.5. The Morgan fingerprint density at radius 2 is 2.00 bits per heavy atom. The van der Waals surface area contributed by atoms with Crippen LogP contribution in [0.4, 0.5) is 0 Å². The zero-order chi connectivity index (χ0) is 13.0. The first-order valence-corrected chi connectivity index (χ1v) is 6.46. The van der Waals surface area contributed by atoms with Crippen molar-refractivity contribution in [3.8, 4) is 0 Å². The zero-order valence-electron chi connectivity index (χ0n) is 11.0. The van der Waals surface area contributed by atoms with Crippen LogP contribution in [0.25, 0.3) is 0 Å². The van der Waals surface area contributed by atoms with E-state index in [1.54, 1.807) is 0 Å². The molecular formula is C13H24N2O2. The highest BCUT2D eigenvalue weighted by Crippen LogP contribution is 2.43. The summed E-state index contributed by atoms with van der Waals surface area (Å²) in [7, 11) is 0. The number of amides is 2. The summed E-state index contributed by atoms with van der Waals surface area (Å²) in [5.74, 6) is 1.33. The van der Waals surface area contributed by atoms with Gasteiger partial charge in [0, 0.05) is 18.9 Å². The lowest BCUT2D eigenvalue weighted by Crippen LogP contribution is -2.29. The molecule has 1 aliphatic carbocycles. The Hall–Kier alpha value is -1.06. The third-order valence-electron chi connectivity index (χ3n) is 3.20. The molecule has 1 saturated carbocycles. The highest BCUT2D eigenvalue weighted by Gasteiger charge is 2.43. The second kappa shape index (κ2) is 6.03. The molecular weight excluding hydrogens is 216 g/mol. The van der Waals surface area contributed by atoms with Gasteiger partial charge in [-0.2, -0.15) is 0 Å². The molecule has 98 valence electrons. The number of nitrogens with two attached hydrogens (primary N) is 1. The predicted octanol–water partition coefficient (Wildman–Crippen LogP) is 1.30. The molecule has 0 heterocycles. The molecule has 0 radical (unpaired) electrons. The van der Waals surface area contributed by atoms with E-state index in [0.717, 1.165) is 19.4 Å². The maximum atomic E-state index is 11.7. The van der Waals surface area contributed by atoms with E-state index in [-0.39, 0.29) is 17.7 Å². The van der Waals surface area contributed by atoms with Crippen LogP contribution in [0.3, 0.4) is 0 Å². The molecule has 0 aromatic carbocycles. The minimum atomic E-state index is -0.251. The van der Waals surface area contributed by atoms with E-state index >= 15 is 0 Å². The standard InChI is InChI=1S/C13H24N2O2/c1-8(2)7-15-13(17)11-6-10(11)4-9(3)5-12(14)16/h8-11H,4-7H2,1-3H3,(H2,14,16)(H,15,17). The largest absolute Gasteiger partial charge is 0.370 e. The van der Waals surface area contributed by atoms with Crippen molar-refractivity contribution in [2.24, 2.45) is 29.4 Å². The topological polar surface area (TPSA) is 72.2 Å². The fraction of sp³-hybridized carbons (Fsp3) is 0.846. The van der Waals surface area contributed by atoms with Crippen LogP contribution in [0, 0.1) is 23.7 Å². The van der Waals surface area contributed by atoms with Gasteiger partial charge in [-0.15, -0.1) is 0 Å². The number of rotatable bonds is 7. The maximum absolute atomic E-state index is 11.7. The van der Waals surface area contributed by atoms with Gasteiger partial charge in [0.05, 0.1) is 0 Å². The van der Waals surface area contributed by atoms with Crippen molar-refractivity contribution in [1.29, 1.82) is 0 Å². The molecule has 1 rings (SSSR count). The van der Waals surface area contributed by atoms with Gasteiger partial charge in [-0.1, -0.05) is 20.8 Å². The highest BCUT2D eigenvalue weighted by atomic mass is 16.2. The number of hydrogen-bond acceptors (Lipinski definition) is 2. The number of hydrogen-bond donors (Lipinski definition) is 2. The molecule has 0 aromatic heterocycles. The van der Waals surface area contributed by atoms with E-state index in [9.17, 15) is 9.59 Å². The van der Waals surface area contributed by atoms with Crippen molar-refractivity contribution in [1.82, 2.24) is 5.32 Å². The molecule has 2 amide bonds. The number of carbonyl (C=O) groups is 2. The van der Waals surface area contributed by atoms with Gasteiger partial charge in [-0.3, -0.25) is 9.59 Å². The quantitative estimate of drug-likeness (QED) is 0.704. The number of primary amides is 1. The Bertz CT molecular complexity index is 289. The summed E-state index contributed by atoms with van der Waals surface area (Å²) in [5.41, 5.74) is 5.15. The van der Waals surface area contributed by atoms with Gasteiger partial charge in [0.2, 0.25) is 11.8 Å². The molecule has 1 aliphatic rings. The van der Waals surface area contributed by atoms with Gasteiger partial charge in [0.1, 0.15) is 0 Å². The van der Waals surface area contributed by atoms with Crippen LogP contribution in [0.15, 0.2) is 0 Å². The Kier molecular flexibility index (Phi) is 4.97. The summed E-state index contributed by atoms with van der Waals surface area (Å²) in [5, 5.41) is 2.96. The molecule has 0 aromatic rings. The first-order chi connectivity index (χ1) is 7.90. The van der Waals surface area contributed by atoms with Crippen LogP contribution in [0.1, 0.15) is 40.0 Å². The minimum absolute atomic E-state index is 0.170.